The van der Waals surface area contributed by atoms with E-state index < -0.39 is 6.18 Å². The Kier molecular flexibility index (Phi) is 49.1. The van der Waals surface area contributed by atoms with E-state index in [1.54, 1.807) is 0 Å². The lowest BCUT2D eigenvalue weighted by Gasteiger charge is -2.15. The maximum Gasteiger partial charge on any atom is 0.386 e. The topological polar surface area (TPSA) is 0 Å². The molecule has 0 aliphatic heterocycles. The third-order valence-electron chi connectivity index (χ3n) is 5.67. The third-order valence-corrected chi connectivity index (χ3v) is 5.67. The van der Waals surface area contributed by atoms with E-state index in [-0.39, 0.29) is 6.92 Å². The number of halogens is 3. The van der Waals surface area contributed by atoms with Gasteiger partial charge in [-0.05, 0) is 25.7 Å². The van der Waals surface area contributed by atoms with Crippen LogP contribution >= 0.6 is 0 Å². The standard InChI is InChI=1S/2C7H14.2C7H8.C3H8.C2H3F3.3C2H6/c4*1-7-5-3-2-4-6-7;1-3-2;1-2(3,4)5;3*1-2/h2*7H,2-6H2,1H3;2*2-6H,1H3;3H2,1-2H3;1H3;3*1-2H3. The van der Waals surface area contributed by atoms with Gasteiger partial charge >= 0.3 is 6.18 Å². The van der Waals surface area contributed by atoms with E-state index in [1.807, 2.05) is 77.9 Å². The van der Waals surface area contributed by atoms with Gasteiger partial charge in [0.05, 0.1) is 0 Å². The van der Waals surface area contributed by atoms with Crippen molar-refractivity contribution in [1.29, 1.82) is 0 Å². The van der Waals surface area contributed by atoms with Crippen molar-refractivity contribution in [2.45, 2.75) is 167 Å². The van der Waals surface area contributed by atoms with E-state index in [1.165, 1.54) is 81.8 Å². The second-order valence-electron chi connectivity index (χ2n) is 10.3. The lowest BCUT2D eigenvalue weighted by atomic mass is 9.91. The highest BCUT2D eigenvalue weighted by atomic mass is 19.4. The van der Waals surface area contributed by atoms with Crippen LogP contribution in [-0.4, -0.2) is 6.18 Å². The molecule has 0 N–H and O–H groups in total. The first kappa shape index (κ1) is 49.9. The molecule has 3 heteroatoms. The van der Waals surface area contributed by atoms with Crippen LogP contribution in [0.2, 0.25) is 0 Å². The molecule has 0 radical (unpaired) electrons. The molecule has 2 fully saturated rings. The summed E-state index contributed by atoms with van der Waals surface area (Å²) in [6.07, 6.45) is 12.1. The van der Waals surface area contributed by atoms with Crippen LogP contribution in [-0.2, 0) is 0 Å². The minimum Gasteiger partial charge on any atom is -0.172 e. The SMILES string of the molecule is CC.CC.CC.CC(F)(F)F.CC1CCCCC1.CC1CCCCC1.CCC.Cc1ccccc1.Cc1ccccc1. The normalized spacial score (nSPS) is 13.6. The molecule has 0 atom stereocenters. The quantitative estimate of drug-likeness (QED) is 0.283. The van der Waals surface area contributed by atoms with E-state index in [2.05, 4.69) is 65.8 Å². The highest BCUT2D eigenvalue weighted by Crippen LogP contribution is 2.22. The van der Waals surface area contributed by atoms with Crippen molar-refractivity contribution in [3.63, 3.8) is 0 Å². The Hall–Kier alpha value is -1.77. The zero-order valence-corrected chi connectivity index (χ0v) is 30.3. The fraction of sp³-hybridized carbons (Fsp3) is 0.692. The molecule has 2 aromatic carbocycles. The van der Waals surface area contributed by atoms with E-state index in [0.717, 1.165) is 11.8 Å². The number of alkyl halides is 3. The van der Waals surface area contributed by atoms with Crippen LogP contribution in [0.4, 0.5) is 13.2 Å². The lowest BCUT2D eigenvalue weighted by molar-refractivity contribution is -0.110. The van der Waals surface area contributed by atoms with Crippen molar-refractivity contribution < 1.29 is 13.2 Å². The maximum atomic E-state index is 10.4. The molecule has 0 bridgehead atoms. The number of hydrogen-bond donors (Lipinski definition) is 0. The molecule has 0 heterocycles. The second kappa shape index (κ2) is 41.4. The van der Waals surface area contributed by atoms with Gasteiger partial charge in [-0.2, -0.15) is 13.2 Å². The third kappa shape index (κ3) is 58.0. The Morgan fingerprint density at radius 2 is 0.714 bits per heavy atom. The summed E-state index contributed by atoms with van der Waals surface area (Å²) in [5.41, 5.74) is 2.64. The van der Waals surface area contributed by atoms with Crippen LogP contribution in [0.25, 0.3) is 0 Å². The van der Waals surface area contributed by atoms with Crippen molar-refractivity contribution in [3.8, 4) is 0 Å². The van der Waals surface area contributed by atoms with Crippen LogP contribution in [0.5, 0.6) is 0 Å². The second-order valence-corrected chi connectivity index (χ2v) is 10.3. The Morgan fingerprint density at radius 1 is 0.524 bits per heavy atom. The highest BCUT2D eigenvalue weighted by molar-refractivity contribution is 5.12. The molecule has 250 valence electrons. The summed E-state index contributed by atoms with van der Waals surface area (Å²) in [4.78, 5) is 0. The van der Waals surface area contributed by atoms with Crippen LogP contribution in [0, 0.1) is 25.7 Å². The van der Waals surface area contributed by atoms with Crippen molar-refractivity contribution in [2.75, 3.05) is 0 Å². The lowest BCUT2D eigenvalue weighted by Crippen LogP contribution is -1.99. The molecule has 0 saturated heterocycles. The molecule has 0 aromatic heterocycles. The summed E-state index contributed by atoms with van der Waals surface area (Å²) >= 11 is 0. The number of aryl methyl sites for hydroxylation is 2. The Balaban J connectivity index is -0.000000128. The molecule has 2 aliphatic rings. The van der Waals surface area contributed by atoms with Crippen molar-refractivity contribution in [3.05, 3.63) is 71.8 Å². The maximum absolute atomic E-state index is 10.4. The summed E-state index contributed by atoms with van der Waals surface area (Å²) in [7, 11) is 0. The first-order valence-electron chi connectivity index (χ1n) is 17.1. The van der Waals surface area contributed by atoms with Gasteiger partial charge < -0.3 is 0 Å². The highest BCUT2D eigenvalue weighted by Gasteiger charge is 2.15. The Morgan fingerprint density at radius 3 is 0.810 bits per heavy atom. The van der Waals surface area contributed by atoms with Crippen LogP contribution in [0.15, 0.2) is 60.7 Å². The smallest absolute Gasteiger partial charge is 0.172 e. The van der Waals surface area contributed by atoms with E-state index >= 15 is 0 Å². The Bertz CT molecular complexity index is 594. The fourth-order valence-corrected chi connectivity index (χ4v) is 3.68. The summed E-state index contributed by atoms with van der Waals surface area (Å²) in [6.45, 7) is 25.3. The van der Waals surface area contributed by atoms with Crippen LogP contribution in [0.3, 0.4) is 0 Å². The van der Waals surface area contributed by atoms with Gasteiger partial charge in [0, 0.05) is 6.92 Å². The number of benzene rings is 2. The van der Waals surface area contributed by atoms with Crippen LogP contribution in [0.1, 0.15) is 158 Å². The Labute approximate surface area is 263 Å². The summed E-state index contributed by atoms with van der Waals surface area (Å²) < 4.78 is 31.1. The molecule has 0 amide bonds. The van der Waals surface area contributed by atoms with E-state index in [4.69, 9.17) is 0 Å². The zero-order valence-electron chi connectivity index (χ0n) is 30.3. The molecule has 0 nitrogen and oxygen atoms in total. The molecular weight excluding hydrogens is 525 g/mol. The van der Waals surface area contributed by atoms with Gasteiger partial charge in [0.2, 0.25) is 0 Å². The summed E-state index contributed by atoms with van der Waals surface area (Å²) in [5.74, 6) is 2.07. The minimum absolute atomic E-state index is 0.188. The van der Waals surface area contributed by atoms with Crippen molar-refractivity contribution >= 4 is 0 Å². The first-order chi connectivity index (χ1) is 20.0. The largest absolute Gasteiger partial charge is 0.386 e. The molecule has 4 rings (SSSR count). The van der Waals surface area contributed by atoms with Gasteiger partial charge in [0.15, 0.2) is 0 Å². The zero-order chi connectivity index (χ0) is 33.7. The van der Waals surface area contributed by atoms with Gasteiger partial charge in [-0.1, -0.05) is 212 Å². The summed E-state index contributed by atoms with van der Waals surface area (Å²) in [5, 5.41) is 0. The summed E-state index contributed by atoms with van der Waals surface area (Å²) in [6, 6.07) is 20.5. The molecular formula is C39H73F3. The van der Waals surface area contributed by atoms with Gasteiger partial charge in [0.25, 0.3) is 0 Å². The average molecular weight is 599 g/mol. The molecule has 2 saturated carbocycles. The number of hydrogen-bond acceptors (Lipinski definition) is 0. The fourth-order valence-electron chi connectivity index (χ4n) is 3.68. The predicted octanol–water partition coefficient (Wildman–Crippen LogP) is 15.2. The first-order valence-corrected chi connectivity index (χ1v) is 17.1. The van der Waals surface area contributed by atoms with E-state index in [0.29, 0.717) is 0 Å². The molecule has 2 aliphatic carbocycles. The van der Waals surface area contributed by atoms with Gasteiger partial charge in [-0.25, -0.2) is 0 Å². The monoisotopic (exact) mass is 599 g/mol. The number of rotatable bonds is 0. The van der Waals surface area contributed by atoms with E-state index in [9.17, 15) is 13.2 Å². The van der Waals surface area contributed by atoms with Crippen LogP contribution < -0.4 is 0 Å². The molecule has 42 heavy (non-hydrogen) atoms. The van der Waals surface area contributed by atoms with Gasteiger partial charge in [-0.15, -0.1) is 0 Å². The van der Waals surface area contributed by atoms with Gasteiger partial charge in [-0.3, -0.25) is 0 Å². The van der Waals surface area contributed by atoms with Crippen molar-refractivity contribution in [1.82, 2.24) is 0 Å². The molecule has 0 unspecified atom stereocenters. The van der Waals surface area contributed by atoms with Gasteiger partial charge in [0.1, 0.15) is 0 Å². The van der Waals surface area contributed by atoms with Crippen molar-refractivity contribution in [2.24, 2.45) is 11.8 Å². The predicted molar refractivity (Wildman–Crippen MR) is 189 cm³/mol. The average Bonchev–Trinajstić information content (AvgIpc) is 2.99. The minimum atomic E-state index is -4.00. The molecule has 2 aromatic rings. The molecule has 0 spiro atoms.